The SMILES string of the molecule is CC(C)(CC(O)(C=O)C(F)(F)F)C1=COC(c2ccccc2)O1. The van der Waals surface area contributed by atoms with Gasteiger partial charge in [0.2, 0.25) is 5.60 Å². The average Bonchev–Trinajstić information content (AvgIpc) is 2.97. The van der Waals surface area contributed by atoms with E-state index >= 15 is 0 Å². The standard InChI is InChI=1S/C16H17F3O4/c1-14(2,9-15(21,10-20)16(17,18)19)12-8-22-13(23-12)11-6-4-3-5-7-11/h3-8,10,13,21H,9H2,1-2H3. The first-order valence-corrected chi connectivity index (χ1v) is 6.92. The lowest BCUT2D eigenvalue weighted by Gasteiger charge is -2.33. The maximum atomic E-state index is 12.9. The van der Waals surface area contributed by atoms with Gasteiger partial charge in [0.05, 0.1) is 0 Å². The summed E-state index contributed by atoms with van der Waals surface area (Å²) in [5.41, 5.74) is -3.99. The van der Waals surface area contributed by atoms with E-state index in [-0.39, 0.29) is 5.76 Å². The molecule has 0 radical (unpaired) electrons. The van der Waals surface area contributed by atoms with Gasteiger partial charge in [0, 0.05) is 17.4 Å². The molecule has 0 aliphatic carbocycles. The minimum Gasteiger partial charge on any atom is -0.455 e. The Morgan fingerprint density at radius 1 is 1.22 bits per heavy atom. The molecule has 0 bridgehead atoms. The summed E-state index contributed by atoms with van der Waals surface area (Å²) in [6.07, 6.45) is -5.96. The highest BCUT2D eigenvalue weighted by Crippen LogP contribution is 2.45. The molecule has 2 rings (SSSR count). The molecule has 0 amide bonds. The molecule has 1 heterocycles. The highest BCUT2D eigenvalue weighted by Gasteiger charge is 2.57. The summed E-state index contributed by atoms with van der Waals surface area (Å²) in [6, 6.07) is 8.88. The molecule has 23 heavy (non-hydrogen) atoms. The molecule has 1 aromatic rings. The fraction of sp³-hybridized carbons (Fsp3) is 0.438. The topological polar surface area (TPSA) is 55.8 Å². The number of aldehydes is 1. The Balaban J connectivity index is 2.14. The second-order valence-corrected chi connectivity index (χ2v) is 6.08. The summed E-state index contributed by atoms with van der Waals surface area (Å²) in [7, 11) is 0. The lowest BCUT2D eigenvalue weighted by Crippen LogP contribution is -2.50. The van der Waals surface area contributed by atoms with Crippen molar-refractivity contribution in [2.24, 2.45) is 5.41 Å². The fourth-order valence-corrected chi connectivity index (χ4v) is 2.34. The first kappa shape index (κ1) is 17.3. The Bertz CT molecular complexity index is 595. The van der Waals surface area contributed by atoms with Crippen molar-refractivity contribution in [3.8, 4) is 0 Å². The zero-order chi connectivity index (χ0) is 17.3. The Hall–Kier alpha value is -2.02. The second-order valence-electron chi connectivity index (χ2n) is 6.08. The van der Waals surface area contributed by atoms with Crippen LogP contribution < -0.4 is 0 Å². The van der Waals surface area contributed by atoms with Crippen LogP contribution in [0.15, 0.2) is 42.4 Å². The van der Waals surface area contributed by atoms with Crippen molar-refractivity contribution in [3.05, 3.63) is 47.9 Å². The van der Waals surface area contributed by atoms with Crippen molar-refractivity contribution in [1.82, 2.24) is 0 Å². The van der Waals surface area contributed by atoms with Gasteiger partial charge < -0.3 is 14.6 Å². The molecule has 1 aliphatic rings. The highest BCUT2D eigenvalue weighted by molar-refractivity contribution is 5.64. The van der Waals surface area contributed by atoms with Gasteiger partial charge in [-0.05, 0) is 0 Å². The molecule has 0 spiro atoms. The first-order chi connectivity index (χ1) is 10.6. The Labute approximate surface area is 131 Å². The molecule has 0 saturated heterocycles. The molecule has 7 heteroatoms. The third kappa shape index (κ3) is 3.50. The lowest BCUT2D eigenvalue weighted by atomic mass is 9.79. The van der Waals surface area contributed by atoms with E-state index < -0.39 is 36.2 Å². The summed E-state index contributed by atoms with van der Waals surface area (Å²) in [5.74, 6) is 0.135. The van der Waals surface area contributed by atoms with Crippen LogP contribution >= 0.6 is 0 Å². The van der Waals surface area contributed by atoms with Gasteiger partial charge in [0.25, 0.3) is 6.29 Å². The van der Waals surface area contributed by atoms with E-state index in [0.717, 1.165) is 0 Å². The maximum absolute atomic E-state index is 12.9. The summed E-state index contributed by atoms with van der Waals surface area (Å²) >= 11 is 0. The number of benzene rings is 1. The Morgan fingerprint density at radius 2 is 1.83 bits per heavy atom. The predicted molar refractivity (Wildman–Crippen MR) is 74.9 cm³/mol. The molecule has 1 aromatic carbocycles. The van der Waals surface area contributed by atoms with Crippen molar-refractivity contribution >= 4 is 6.29 Å². The molecule has 0 aromatic heterocycles. The zero-order valence-electron chi connectivity index (χ0n) is 12.6. The minimum absolute atomic E-state index is 0.135. The van der Waals surface area contributed by atoms with E-state index in [9.17, 15) is 23.1 Å². The third-order valence-corrected chi connectivity index (χ3v) is 3.67. The van der Waals surface area contributed by atoms with Gasteiger partial charge in [0.1, 0.15) is 12.0 Å². The molecule has 0 fully saturated rings. The van der Waals surface area contributed by atoms with Gasteiger partial charge in [-0.15, -0.1) is 0 Å². The van der Waals surface area contributed by atoms with Crippen molar-refractivity contribution < 1.29 is 32.5 Å². The zero-order valence-corrected chi connectivity index (χ0v) is 12.6. The number of rotatable bonds is 5. The van der Waals surface area contributed by atoms with Crippen LogP contribution in [0.25, 0.3) is 0 Å². The third-order valence-electron chi connectivity index (χ3n) is 3.67. The lowest BCUT2D eigenvalue weighted by molar-refractivity contribution is -0.252. The fourth-order valence-electron chi connectivity index (χ4n) is 2.34. The number of carbonyl (C=O) groups excluding carboxylic acids is 1. The quantitative estimate of drug-likeness (QED) is 0.840. The molecule has 2 atom stereocenters. The first-order valence-electron chi connectivity index (χ1n) is 6.92. The number of hydrogen-bond acceptors (Lipinski definition) is 4. The Kier molecular flexibility index (Phi) is 4.43. The van der Waals surface area contributed by atoms with Crippen LogP contribution in [0.1, 0.15) is 32.1 Å². The smallest absolute Gasteiger partial charge is 0.424 e. The van der Waals surface area contributed by atoms with E-state index in [1.54, 1.807) is 24.3 Å². The number of ether oxygens (including phenoxy) is 2. The van der Waals surface area contributed by atoms with Crippen LogP contribution in [0.5, 0.6) is 0 Å². The van der Waals surface area contributed by atoms with E-state index in [0.29, 0.717) is 5.56 Å². The van der Waals surface area contributed by atoms with Crippen LogP contribution in [-0.4, -0.2) is 23.2 Å². The van der Waals surface area contributed by atoms with Gasteiger partial charge in [-0.1, -0.05) is 44.2 Å². The average molecular weight is 330 g/mol. The normalized spacial score (nSPS) is 21.0. The van der Waals surface area contributed by atoms with Crippen molar-refractivity contribution in [2.45, 2.75) is 38.3 Å². The van der Waals surface area contributed by atoms with Gasteiger partial charge in [0.15, 0.2) is 6.29 Å². The van der Waals surface area contributed by atoms with Gasteiger partial charge in [-0.25, -0.2) is 0 Å². The Morgan fingerprint density at radius 3 is 2.35 bits per heavy atom. The van der Waals surface area contributed by atoms with Crippen LogP contribution in [0, 0.1) is 5.41 Å². The van der Waals surface area contributed by atoms with Crippen molar-refractivity contribution in [1.29, 1.82) is 0 Å². The van der Waals surface area contributed by atoms with Gasteiger partial charge in [-0.3, -0.25) is 4.79 Å². The number of alkyl halides is 3. The van der Waals surface area contributed by atoms with Crippen LogP contribution in [0.3, 0.4) is 0 Å². The molecular weight excluding hydrogens is 313 g/mol. The van der Waals surface area contributed by atoms with Crippen LogP contribution in [0.2, 0.25) is 0 Å². The second kappa shape index (κ2) is 5.88. The largest absolute Gasteiger partial charge is 0.455 e. The number of allylic oxidation sites excluding steroid dienone is 1. The van der Waals surface area contributed by atoms with E-state index in [2.05, 4.69) is 0 Å². The van der Waals surface area contributed by atoms with Crippen LogP contribution in [0.4, 0.5) is 13.2 Å². The van der Waals surface area contributed by atoms with E-state index in [4.69, 9.17) is 9.47 Å². The molecule has 0 saturated carbocycles. The predicted octanol–water partition coefficient (Wildman–Crippen LogP) is 3.48. The molecule has 2 unspecified atom stereocenters. The molecule has 4 nitrogen and oxygen atoms in total. The summed E-state index contributed by atoms with van der Waals surface area (Å²) in [6.45, 7) is 2.88. The maximum Gasteiger partial charge on any atom is 0.424 e. The van der Waals surface area contributed by atoms with E-state index in [1.807, 2.05) is 6.07 Å². The summed E-state index contributed by atoms with van der Waals surface area (Å²) in [4.78, 5) is 10.8. The van der Waals surface area contributed by atoms with Crippen molar-refractivity contribution in [2.75, 3.05) is 0 Å². The van der Waals surface area contributed by atoms with Gasteiger partial charge in [-0.2, -0.15) is 13.2 Å². The number of aliphatic hydroxyl groups is 1. The summed E-state index contributed by atoms with van der Waals surface area (Å²) in [5, 5.41) is 9.62. The monoisotopic (exact) mass is 330 g/mol. The molecule has 1 N–H and O–H groups in total. The molecular formula is C16H17F3O4. The minimum atomic E-state index is -5.06. The summed E-state index contributed by atoms with van der Waals surface area (Å²) < 4.78 is 49.6. The van der Waals surface area contributed by atoms with Crippen molar-refractivity contribution in [3.63, 3.8) is 0 Å². The highest BCUT2D eigenvalue weighted by atomic mass is 19.4. The number of carbonyl (C=O) groups is 1. The molecule has 126 valence electrons. The van der Waals surface area contributed by atoms with Gasteiger partial charge >= 0.3 is 6.18 Å². The van der Waals surface area contributed by atoms with Crippen LogP contribution in [-0.2, 0) is 14.3 Å². The number of hydrogen-bond donors (Lipinski definition) is 1. The van der Waals surface area contributed by atoms with E-state index in [1.165, 1.54) is 20.1 Å². The molecule has 1 aliphatic heterocycles. The number of halogens is 3.